The summed E-state index contributed by atoms with van der Waals surface area (Å²) in [6.45, 7) is 4.56. The van der Waals surface area contributed by atoms with Crippen LogP contribution in [0.15, 0.2) is 47.0 Å². The number of amides is 1. The van der Waals surface area contributed by atoms with E-state index in [9.17, 15) is 4.79 Å². The minimum atomic E-state index is -0.154. The molecule has 0 unspecified atom stereocenters. The van der Waals surface area contributed by atoms with Gasteiger partial charge in [0.05, 0.1) is 25.5 Å². The molecule has 3 aromatic rings. The van der Waals surface area contributed by atoms with E-state index in [-0.39, 0.29) is 5.91 Å². The van der Waals surface area contributed by atoms with Crippen LogP contribution in [0.4, 0.5) is 0 Å². The average molecular weight is 410 g/mol. The molecule has 0 aliphatic heterocycles. The van der Waals surface area contributed by atoms with Gasteiger partial charge in [-0.15, -0.1) is 0 Å². The van der Waals surface area contributed by atoms with Crippen LogP contribution in [0.2, 0.25) is 0 Å². The number of methoxy groups -OCH3 is 2. The summed E-state index contributed by atoms with van der Waals surface area (Å²) < 4.78 is 21.5. The summed E-state index contributed by atoms with van der Waals surface area (Å²) in [6.07, 6.45) is 0.675. The molecule has 3 rings (SSSR count). The van der Waals surface area contributed by atoms with Crippen molar-refractivity contribution in [3.63, 3.8) is 0 Å². The number of aryl methyl sites for hydroxylation is 2. The zero-order valence-electron chi connectivity index (χ0n) is 17.7. The van der Waals surface area contributed by atoms with E-state index in [1.54, 1.807) is 32.4 Å². The lowest BCUT2D eigenvalue weighted by Crippen LogP contribution is -2.25. The topological polar surface area (TPSA) is 82.8 Å². The fourth-order valence-corrected chi connectivity index (χ4v) is 3.05. The third kappa shape index (κ3) is 5.11. The van der Waals surface area contributed by atoms with Crippen molar-refractivity contribution >= 4 is 5.91 Å². The Morgan fingerprint density at radius 3 is 2.57 bits per heavy atom. The first kappa shape index (κ1) is 21.2. The molecule has 1 amide bonds. The summed E-state index contributed by atoms with van der Waals surface area (Å²) in [5.41, 5.74) is 3.31. The van der Waals surface area contributed by atoms with Crippen molar-refractivity contribution in [1.82, 2.24) is 10.5 Å². The Morgan fingerprint density at radius 2 is 1.87 bits per heavy atom. The quantitative estimate of drug-likeness (QED) is 0.577. The molecule has 0 saturated carbocycles. The first-order valence-corrected chi connectivity index (χ1v) is 9.65. The van der Waals surface area contributed by atoms with E-state index in [1.807, 2.05) is 38.1 Å². The van der Waals surface area contributed by atoms with Crippen LogP contribution >= 0.6 is 0 Å². The number of carbonyl (C=O) groups is 1. The Kier molecular flexibility index (Phi) is 6.95. The maximum atomic E-state index is 12.5. The van der Waals surface area contributed by atoms with E-state index < -0.39 is 0 Å². The van der Waals surface area contributed by atoms with Crippen LogP contribution in [-0.4, -0.2) is 31.8 Å². The van der Waals surface area contributed by atoms with E-state index in [0.29, 0.717) is 42.4 Å². The molecule has 0 fully saturated rings. The highest BCUT2D eigenvalue weighted by molar-refractivity contribution is 5.94. The summed E-state index contributed by atoms with van der Waals surface area (Å²) in [4.78, 5) is 12.5. The Morgan fingerprint density at radius 1 is 1.07 bits per heavy atom. The molecule has 1 aromatic heterocycles. The number of hydrogen-bond acceptors (Lipinski definition) is 6. The average Bonchev–Trinajstić information content (AvgIpc) is 3.09. The standard InChI is InChI=1S/C23H26N2O5/c1-15-20(16(2)30-25-15)14-29-19-7-5-6-18(13-19)23(26)24-11-10-17-8-9-21(27-3)22(12-17)28-4/h5-9,12-13H,10-11,14H2,1-4H3,(H,24,26). The predicted octanol–water partition coefficient (Wildman–Crippen LogP) is 3.86. The van der Waals surface area contributed by atoms with Crippen molar-refractivity contribution in [2.24, 2.45) is 0 Å². The Balaban J connectivity index is 1.55. The highest BCUT2D eigenvalue weighted by atomic mass is 16.5. The minimum Gasteiger partial charge on any atom is -0.493 e. The molecule has 7 nitrogen and oxygen atoms in total. The van der Waals surface area contributed by atoms with E-state index in [0.717, 1.165) is 22.6 Å². The molecule has 2 aromatic carbocycles. The van der Waals surface area contributed by atoms with Gasteiger partial charge in [0.15, 0.2) is 11.5 Å². The Labute approximate surface area is 175 Å². The maximum Gasteiger partial charge on any atom is 0.251 e. The number of benzene rings is 2. The summed E-state index contributed by atoms with van der Waals surface area (Å²) in [7, 11) is 3.20. The second-order valence-corrected chi connectivity index (χ2v) is 6.81. The van der Waals surface area contributed by atoms with Crippen LogP contribution in [0.3, 0.4) is 0 Å². The number of hydrogen-bond donors (Lipinski definition) is 1. The van der Waals surface area contributed by atoms with Crippen LogP contribution in [-0.2, 0) is 13.0 Å². The van der Waals surface area contributed by atoms with Crippen LogP contribution in [0.25, 0.3) is 0 Å². The van der Waals surface area contributed by atoms with Crippen molar-refractivity contribution in [3.8, 4) is 17.2 Å². The molecule has 0 radical (unpaired) electrons. The number of nitrogens with one attached hydrogen (secondary N) is 1. The third-order valence-corrected chi connectivity index (χ3v) is 4.81. The van der Waals surface area contributed by atoms with E-state index in [4.69, 9.17) is 18.7 Å². The zero-order chi connectivity index (χ0) is 21.5. The lowest BCUT2D eigenvalue weighted by Gasteiger charge is -2.11. The molecule has 0 spiro atoms. The molecule has 0 aliphatic rings. The summed E-state index contributed by atoms with van der Waals surface area (Å²) in [6, 6.07) is 12.8. The van der Waals surface area contributed by atoms with Gasteiger partial charge >= 0.3 is 0 Å². The predicted molar refractivity (Wildman–Crippen MR) is 112 cm³/mol. The molecule has 158 valence electrons. The lowest BCUT2D eigenvalue weighted by atomic mass is 10.1. The first-order valence-electron chi connectivity index (χ1n) is 9.65. The number of aromatic nitrogens is 1. The van der Waals surface area contributed by atoms with E-state index in [1.165, 1.54) is 0 Å². The smallest absolute Gasteiger partial charge is 0.251 e. The van der Waals surface area contributed by atoms with Crippen molar-refractivity contribution in [3.05, 3.63) is 70.6 Å². The lowest BCUT2D eigenvalue weighted by molar-refractivity contribution is 0.0953. The van der Waals surface area contributed by atoms with Crippen molar-refractivity contribution in [1.29, 1.82) is 0 Å². The monoisotopic (exact) mass is 410 g/mol. The van der Waals surface area contributed by atoms with Gasteiger partial charge in [-0.25, -0.2) is 0 Å². The molecule has 0 saturated heterocycles. The van der Waals surface area contributed by atoms with Gasteiger partial charge in [-0.2, -0.15) is 0 Å². The van der Waals surface area contributed by atoms with Gasteiger partial charge in [0.1, 0.15) is 18.1 Å². The Bertz CT molecular complexity index is 993. The molecular weight excluding hydrogens is 384 g/mol. The fraction of sp³-hybridized carbons (Fsp3) is 0.304. The molecule has 0 aliphatic carbocycles. The number of rotatable bonds is 9. The zero-order valence-corrected chi connectivity index (χ0v) is 17.7. The van der Waals surface area contributed by atoms with Gasteiger partial charge in [0.2, 0.25) is 0 Å². The molecule has 0 bridgehead atoms. The molecular formula is C23H26N2O5. The van der Waals surface area contributed by atoms with Gasteiger partial charge in [-0.05, 0) is 56.2 Å². The highest BCUT2D eigenvalue weighted by Crippen LogP contribution is 2.27. The first-order chi connectivity index (χ1) is 14.5. The van der Waals surface area contributed by atoms with Gasteiger partial charge in [0, 0.05) is 12.1 Å². The van der Waals surface area contributed by atoms with Crippen LogP contribution in [0.5, 0.6) is 17.2 Å². The molecule has 0 atom stereocenters. The van der Waals surface area contributed by atoms with Crippen LogP contribution in [0.1, 0.15) is 32.9 Å². The third-order valence-electron chi connectivity index (χ3n) is 4.81. The van der Waals surface area contributed by atoms with E-state index in [2.05, 4.69) is 10.5 Å². The minimum absolute atomic E-state index is 0.154. The van der Waals surface area contributed by atoms with E-state index >= 15 is 0 Å². The largest absolute Gasteiger partial charge is 0.493 e. The molecule has 30 heavy (non-hydrogen) atoms. The van der Waals surface area contributed by atoms with Gasteiger partial charge in [-0.3, -0.25) is 4.79 Å². The second kappa shape index (κ2) is 9.82. The number of carbonyl (C=O) groups excluding carboxylic acids is 1. The Hall–Kier alpha value is -3.48. The van der Waals surface area contributed by atoms with Crippen molar-refractivity contribution in [2.45, 2.75) is 26.9 Å². The number of nitrogens with zero attached hydrogens (tertiary/aromatic N) is 1. The summed E-state index contributed by atoms with van der Waals surface area (Å²) >= 11 is 0. The van der Waals surface area contributed by atoms with Gasteiger partial charge in [-0.1, -0.05) is 17.3 Å². The summed E-state index contributed by atoms with van der Waals surface area (Å²) in [5, 5.41) is 6.86. The van der Waals surface area contributed by atoms with Crippen molar-refractivity contribution < 1.29 is 23.5 Å². The number of ether oxygens (including phenoxy) is 3. The SMILES string of the molecule is COc1ccc(CCNC(=O)c2cccc(OCc3c(C)noc3C)c2)cc1OC. The van der Waals surface area contributed by atoms with Crippen molar-refractivity contribution in [2.75, 3.05) is 20.8 Å². The van der Waals surface area contributed by atoms with Gasteiger partial charge < -0.3 is 24.1 Å². The molecule has 1 N–H and O–H groups in total. The second-order valence-electron chi connectivity index (χ2n) is 6.81. The van der Waals surface area contributed by atoms with Gasteiger partial charge in [0.25, 0.3) is 5.91 Å². The molecule has 1 heterocycles. The fourth-order valence-electron chi connectivity index (χ4n) is 3.05. The molecule has 7 heteroatoms. The van der Waals surface area contributed by atoms with Crippen LogP contribution in [0, 0.1) is 13.8 Å². The highest BCUT2D eigenvalue weighted by Gasteiger charge is 2.11. The van der Waals surface area contributed by atoms with Crippen LogP contribution < -0.4 is 19.5 Å². The summed E-state index contributed by atoms with van der Waals surface area (Å²) in [5.74, 6) is 2.54. The normalized spacial score (nSPS) is 10.5. The maximum absolute atomic E-state index is 12.5.